The Bertz CT molecular complexity index is 292. The molecule has 1 aromatic rings. The molecule has 0 bridgehead atoms. The molecule has 0 saturated heterocycles. The molecule has 0 fully saturated rings. The first kappa shape index (κ1) is 14.3. The van der Waals surface area contributed by atoms with Gasteiger partial charge in [0.25, 0.3) is 0 Å². The van der Waals surface area contributed by atoms with Crippen LogP contribution in [0.15, 0.2) is 18.7 Å². The summed E-state index contributed by atoms with van der Waals surface area (Å²) >= 11 is 0. The smallest absolute Gasteiger partial charge is 0.0945 e. The predicted molar refractivity (Wildman–Crippen MR) is 73.9 cm³/mol. The first-order valence-electron chi connectivity index (χ1n) is 7.05. The van der Waals surface area contributed by atoms with Crippen LogP contribution < -0.4 is 0 Å². The first-order valence-corrected chi connectivity index (χ1v) is 7.05. The lowest BCUT2D eigenvalue weighted by atomic mass is 9.75. The van der Waals surface area contributed by atoms with E-state index in [2.05, 4.69) is 43.4 Å². The topological polar surface area (TPSA) is 17.8 Å². The van der Waals surface area contributed by atoms with Crippen molar-refractivity contribution in [2.24, 2.45) is 11.3 Å². The quantitative estimate of drug-likeness (QED) is 0.649. The molecule has 0 aliphatic heterocycles. The first-order chi connectivity index (χ1) is 8.09. The molecule has 0 aliphatic carbocycles. The van der Waals surface area contributed by atoms with Crippen molar-refractivity contribution in [1.82, 2.24) is 9.55 Å². The lowest BCUT2D eigenvalue weighted by Gasteiger charge is -2.31. The fourth-order valence-corrected chi connectivity index (χ4v) is 2.68. The summed E-state index contributed by atoms with van der Waals surface area (Å²) in [5, 5.41) is 0. The van der Waals surface area contributed by atoms with Gasteiger partial charge in [-0.2, -0.15) is 0 Å². The van der Waals surface area contributed by atoms with E-state index in [9.17, 15) is 0 Å². The molecule has 0 aromatic carbocycles. The third kappa shape index (κ3) is 4.93. The summed E-state index contributed by atoms with van der Waals surface area (Å²) in [4.78, 5) is 4.10. The van der Waals surface area contributed by atoms with Gasteiger partial charge in [0.1, 0.15) is 0 Å². The van der Waals surface area contributed by atoms with E-state index in [0.29, 0.717) is 5.41 Å². The second-order valence-corrected chi connectivity index (χ2v) is 5.81. The molecule has 0 aliphatic rings. The zero-order chi connectivity index (χ0) is 12.7. The molecule has 1 rings (SSSR count). The normalized spacial score (nSPS) is 16.7. The molecule has 2 heteroatoms. The molecule has 0 radical (unpaired) electrons. The fraction of sp³-hybridized carbons (Fsp3) is 0.800. The lowest BCUT2D eigenvalue weighted by molar-refractivity contribution is 0.202. The van der Waals surface area contributed by atoms with Gasteiger partial charge in [0.2, 0.25) is 0 Å². The van der Waals surface area contributed by atoms with Crippen LogP contribution in [0.3, 0.4) is 0 Å². The van der Waals surface area contributed by atoms with Crippen molar-refractivity contribution < 1.29 is 0 Å². The van der Waals surface area contributed by atoms with E-state index in [1.54, 1.807) is 0 Å². The van der Waals surface area contributed by atoms with Gasteiger partial charge in [-0.1, -0.05) is 47.0 Å². The highest BCUT2D eigenvalue weighted by Gasteiger charge is 2.24. The number of rotatable bonds is 8. The maximum atomic E-state index is 4.10. The van der Waals surface area contributed by atoms with Crippen LogP contribution in [0.5, 0.6) is 0 Å². The molecule has 2 unspecified atom stereocenters. The number of nitrogens with zero attached hydrogens (tertiary/aromatic N) is 2. The van der Waals surface area contributed by atoms with Crippen LogP contribution in [0.4, 0.5) is 0 Å². The van der Waals surface area contributed by atoms with Gasteiger partial charge < -0.3 is 4.57 Å². The van der Waals surface area contributed by atoms with E-state index in [4.69, 9.17) is 0 Å². The summed E-state index contributed by atoms with van der Waals surface area (Å²) in [5.74, 6) is 0.854. The second-order valence-electron chi connectivity index (χ2n) is 5.81. The van der Waals surface area contributed by atoms with E-state index in [0.717, 1.165) is 12.5 Å². The Morgan fingerprint density at radius 1 is 1.35 bits per heavy atom. The number of aromatic nitrogens is 2. The zero-order valence-corrected chi connectivity index (χ0v) is 11.9. The zero-order valence-electron chi connectivity index (χ0n) is 11.9. The molecule has 0 spiro atoms. The standard InChI is InChI=1S/C15H28N2/c1-5-7-14(3)12-15(4,6-2)8-10-17-11-9-16-13-17/h9,11,13-14H,5-8,10,12H2,1-4H3. The minimum Gasteiger partial charge on any atom is -0.337 e. The summed E-state index contributed by atoms with van der Waals surface area (Å²) in [6.07, 6.45) is 12.4. The third-order valence-corrected chi connectivity index (χ3v) is 4.01. The molecule has 1 heterocycles. The Kier molecular flexibility index (Phi) is 5.73. The van der Waals surface area contributed by atoms with Crippen LogP contribution in [-0.4, -0.2) is 9.55 Å². The van der Waals surface area contributed by atoms with E-state index in [1.807, 2.05) is 12.5 Å². The van der Waals surface area contributed by atoms with Crippen LogP contribution in [-0.2, 0) is 6.54 Å². The van der Waals surface area contributed by atoms with Gasteiger partial charge in [-0.05, 0) is 24.2 Å². The molecule has 0 saturated carbocycles. The number of hydrogen-bond acceptors (Lipinski definition) is 1. The average Bonchev–Trinajstić information content (AvgIpc) is 2.79. The number of aryl methyl sites for hydroxylation is 1. The van der Waals surface area contributed by atoms with Crippen molar-refractivity contribution in [3.63, 3.8) is 0 Å². The van der Waals surface area contributed by atoms with Crippen molar-refractivity contribution in [2.45, 2.75) is 66.3 Å². The van der Waals surface area contributed by atoms with Crippen molar-refractivity contribution in [3.8, 4) is 0 Å². The molecule has 98 valence electrons. The third-order valence-electron chi connectivity index (χ3n) is 4.01. The molecule has 2 atom stereocenters. The number of hydrogen-bond donors (Lipinski definition) is 0. The van der Waals surface area contributed by atoms with Crippen LogP contribution >= 0.6 is 0 Å². The Hall–Kier alpha value is -0.790. The maximum absolute atomic E-state index is 4.10. The van der Waals surface area contributed by atoms with Crippen molar-refractivity contribution in [3.05, 3.63) is 18.7 Å². The molecule has 0 N–H and O–H groups in total. The largest absolute Gasteiger partial charge is 0.337 e. The van der Waals surface area contributed by atoms with Crippen molar-refractivity contribution in [2.75, 3.05) is 0 Å². The Balaban J connectivity index is 2.44. The van der Waals surface area contributed by atoms with Gasteiger partial charge in [-0.15, -0.1) is 0 Å². The van der Waals surface area contributed by atoms with E-state index >= 15 is 0 Å². The van der Waals surface area contributed by atoms with Crippen LogP contribution in [0.1, 0.15) is 59.8 Å². The van der Waals surface area contributed by atoms with E-state index in [1.165, 1.54) is 32.1 Å². The van der Waals surface area contributed by atoms with Gasteiger partial charge in [0, 0.05) is 18.9 Å². The average molecular weight is 236 g/mol. The van der Waals surface area contributed by atoms with E-state index < -0.39 is 0 Å². The Labute approximate surface area is 106 Å². The summed E-state index contributed by atoms with van der Waals surface area (Å²) in [5.41, 5.74) is 0.485. The summed E-state index contributed by atoms with van der Waals surface area (Å²) in [6, 6.07) is 0. The van der Waals surface area contributed by atoms with Crippen molar-refractivity contribution >= 4 is 0 Å². The van der Waals surface area contributed by atoms with Crippen LogP contribution in [0.2, 0.25) is 0 Å². The minimum atomic E-state index is 0.485. The van der Waals surface area contributed by atoms with Gasteiger partial charge in [0.05, 0.1) is 6.33 Å². The van der Waals surface area contributed by atoms with Crippen molar-refractivity contribution in [1.29, 1.82) is 0 Å². The van der Waals surface area contributed by atoms with Gasteiger partial charge >= 0.3 is 0 Å². The molecular formula is C15H28N2. The number of imidazole rings is 1. The maximum Gasteiger partial charge on any atom is 0.0945 e. The SMILES string of the molecule is CCCC(C)CC(C)(CC)CCn1ccnc1. The van der Waals surface area contributed by atoms with Gasteiger partial charge in [0.15, 0.2) is 0 Å². The Morgan fingerprint density at radius 3 is 2.65 bits per heavy atom. The fourth-order valence-electron chi connectivity index (χ4n) is 2.68. The summed E-state index contributed by atoms with van der Waals surface area (Å²) in [7, 11) is 0. The lowest BCUT2D eigenvalue weighted by Crippen LogP contribution is -2.21. The minimum absolute atomic E-state index is 0.485. The summed E-state index contributed by atoms with van der Waals surface area (Å²) < 4.78 is 2.19. The van der Waals surface area contributed by atoms with Crippen LogP contribution in [0, 0.1) is 11.3 Å². The molecule has 17 heavy (non-hydrogen) atoms. The van der Waals surface area contributed by atoms with E-state index in [-0.39, 0.29) is 0 Å². The predicted octanol–water partition coefficient (Wildman–Crippen LogP) is 4.52. The van der Waals surface area contributed by atoms with Gasteiger partial charge in [-0.3, -0.25) is 0 Å². The monoisotopic (exact) mass is 236 g/mol. The molecule has 2 nitrogen and oxygen atoms in total. The molecular weight excluding hydrogens is 208 g/mol. The van der Waals surface area contributed by atoms with Crippen LogP contribution in [0.25, 0.3) is 0 Å². The highest BCUT2D eigenvalue weighted by Crippen LogP contribution is 2.35. The Morgan fingerprint density at radius 2 is 2.12 bits per heavy atom. The second kappa shape index (κ2) is 6.83. The summed E-state index contributed by atoms with van der Waals surface area (Å²) in [6.45, 7) is 10.5. The highest BCUT2D eigenvalue weighted by atomic mass is 15.0. The molecule has 0 amide bonds. The van der Waals surface area contributed by atoms with Gasteiger partial charge in [-0.25, -0.2) is 4.98 Å². The molecule has 1 aromatic heterocycles. The highest BCUT2D eigenvalue weighted by molar-refractivity contribution is 4.79.